The zero-order chi connectivity index (χ0) is 33.9. The van der Waals surface area contributed by atoms with Crippen LogP contribution in [-0.4, -0.2) is 38.4 Å². The molecule has 0 fully saturated rings. The molecular formula is C39H50ClN2O3S2+. The molecule has 2 aliphatic heterocycles. The number of nitrogens with zero attached hydrogens (tertiary/aromatic N) is 2. The van der Waals surface area contributed by atoms with Crippen molar-refractivity contribution in [2.24, 2.45) is 0 Å². The van der Waals surface area contributed by atoms with Crippen LogP contribution in [0.25, 0.3) is 0 Å². The van der Waals surface area contributed by atoms with Gasteiger partial charge in [-0.2, -0.15) is 4.58 Å². The number of unbranched alkanes of at least 4 members (excludes halogenated alkanes) is 2. The molecule has 0 aromatic heterocycles. The Kier molecular flexibility index (Phi) is 11.3. The lowest BCUT2D eigenvalue weighted by atomic mass is 9.81. The zero-order valence-corrected chi connectivity index (χ0v) is 31.4. The summed E-state index contributed by atoms with van der Waals surface area (Å²) in [6.45, 7) is 15.3. The fourth-order valence-electron chi connectivity index (χ4n) is 7.25. The van der Waals surface area contributed by atoms with Gasteiger partial charge in [0.1, 0.15) is 12.3 Å². The van der Waals surface area contributed by atoms with Crippen LogP contribution < -0.4 is 9.08 Å². The first kappa shape index (κ1) is 35.7. The van der Waals surface area contributed by atoms with Crippen molar-refractivity contribution in [1.82, 2.24) is 0 Å². The van der Waals surface area contributed by atoms with Gasteiger partial charge in [-0.25, -0.2) is 4.21 Å². The van der Waals surface area contributed by atoms with Crippen molar-refractivity contribution in [3.8, 4) is 5.75 Å². The fourth-order valence-corrected chi connectivity index (χ4v) is 8.26. The number of anilines is 1. The summed E-state index contributed by atoms with van der Waals surface area (Å²) in [5.74, 6) is 0.887. The van der Waals surface area contributed by atoms with Crippen molar-refractivity contribution in [2.45, 2.75) is 102 Å². The van der Waals surface area contributed by atoms with E-state index in [0.29, 0.717) is 4.90 Å². The summed E-state index contributed by atoms with van der Waals surface area (Å²) in [7, 11) is 0. The maximum absolute atomic E-state index is 11.9. The molecule has 252 valence electrons. The normalized spacial score (nSPS) is 20.9. The SMILES string of the molecule is CCCCN1C(=CC=C2CCCC(C=CC3=[N+](CCCC)c4ccc(OSC)cc4C3(C)C)=C2Cl)C(C)(C)c2cc(S(=O)O)ccc21. The molecule has 2 aromatic rings. The molecule has 0 bridgehead atoms. The van der Waals surface area contributed by atoms with Gasteiger partial charge in [-0.3, -0.25) is 0 Å². The van der Waals surface area contributed by atoms with Crippen molar-refractivity contribution in [3.63, 3.8) is 0 Å². The molecule has 1 atom stereocenters. The van der Waals surface area contributed by atoms with Crippen molar-refractivity contribution >= 4 is 51.8 Å². The number of hydrogen-bond donors (Lipinski definition) is 1. The maximum atomic E-state index is 11.9. The molecule has 2 heterocycles. The van der Waals surface area contributed by atoms with Gasteiger partial charge >= 0.3 is 0 Å². The predicted octanol–water partition coefficient (Wildman–Crippen LogP) is 10.7. The average molecular weight is 694 g/mol. The number of hydrogen-bond acceptors (Lipinski definition) is 4. The molecule has 0 amide bonds. The average Bonchev–Trinajstić information content (AvgIpc) is 3.39. The minimum Gasteiger partial charge on any atom is -0.426 e. The third kappa shape index (κ3) is 7.10. The van der Waals surface area contributed by atoms with E-state index in [4.69, 9.17) is 15.8 Å². The summed E-state index contributed by atoms with van der Waals surface area (Å²) in [6.07, 6.45) is 18.3. The minimum absolute atomic E-state index is 0.171. The lowest BCUT2D eigenvalue weighted by molar-refractivity contribution is -0.438. The van der Waals surface area contributed by atoms with Gasteiger partial charge in [-0.05, 0) is 92.6 Å². The van der Waals surface area contributed by atoms with Crippen LogP contribution in [0.1, 0.15) is 97.6 Å². The Balaban J connectivity index is 1.50. The van der Waals surface area contributed by atoms with E-state index in [-0.39, 0.29) is 10.8 Å². The highest BCUT2D eigenvalue weighted by atomic mass is 35.5. The Labute approximate surface area is 294 Å². The highest BCUT2D eigenvalue weighted by molar-refractivity contribution is 7.94. The summed E-state index contributed by atoms with van der Waals surface area (Å²) in [6, 6.07) is 12.1. The predicted molar refractivity (Wildman–Crippen MR) is 201 cm³/mol. The first-order valence-electron chi connectivity index (χ1n) is 17.0. The number of fused-ring (bicyclic) bond motifs is 2. The van der Waals surface area contributed by atoms with Crippen LogP contribution in [0.2, 0.25) is 0 Å². The van der Waals surface area contributed by atoms with Crippen LogP contribution in [0.3, 0.4) is 0 Å². The molecule has 5 nitrogen and oxygen atoms in total. The first-order chi connectivity index (χ1) is 22.4. The van der Waals surface area contributed by atoms with Crippen LogP contribution in [0, 0.1) is 0 Å². The molecule has 5 rings (SSSR count). The first-order valence-corrected chi connectivity index (χ1v) is 19.6. The van der Waals surface area contributed by atoms with E-state index >= 15 is 0 Å². The Morgan fingerprint density at radius 2 is 1.77 bits per heavy atom. The molecule has 3 aliphatic rings. The Morgan fingerprint density at radius 3 is 2.47 bits per heavy atom. The van der Waals surface area contributed by atoms with Crippen molar-refractivity contribution in [3.05, 3.63) is 93.7 Å². The lowest BCUT2D eigenvalue weighted by Gasteiger charge is -2.27. The van der Waals surface area contributed by atoms with E-state index in [0.717, 1.165) is 85.6 Å². The standard InChI is InChI=1S/C39H49ClN2O3S2/c1-8-10-23-41-33-19-17-29(45-46-7)25-31(33)38(3,4)35(41)21-15-27-13-12-14-28(37(27)40)16-22-36-39(5,6)32-26-30(47(43)44)18-20-34(32)42(36)24-11-9-2/h15-22,25-26H,8-14,23-24H2,1-7H3/p+1. The van der Waals surface area contributed by atoms with E-state index in [1.54, 1.807) is 6.07 Å². The van der Waals surface area contributed by atoms with Crippen LogP contribution in [0.15, 0.2) is 87.5 Å². The van der Waals surface area contributed by atoms with Crippen molar-refractivity contribution in [2.75, 3.05) is 24.2 Å². The molecule has 0 saturated carbocycles. The van der Waals surface area contributed by atoms with Crippen LogP contribution in [-0.2, 0) is 21.9 Å². The number of benzene rings is 2. The quantitative estimate of drug-likeness (QED) is 0.136. The van der Waals surface area contributed by atoms with Gasteiger partial charge in [0.15, 0.2) is 16.8 Å². The molecule has 47 heavy (non-hydrogen) atoms. The van der Waals surface area contributed by atoms with Gasteiger partial charge in [-0.1, -0.05) is 64.3 Å². The van der Waals surface area contributed by atoms with Crippen molar-refractivity contribution in [1.29, 1.82) is 0 Å². The van der Waals surface area contributed by atoms with Crippen molar-refractivity contribution < 1.29 is 17.5 Å². The van der Waals surface area contributed by atoms with Gasteiger partial charge in [0.25, 0.3) is 0 Å². The van der Waals surface area contributed by atoms with E-state index in [1.807, 2.05) is 18.4 Å². The van der Waals surface area contributed by atoms with Gasteiger partial charge in [0.05, 0.1) is 22.4 Å². The third-order valence-electron chi connectivity index (χ3n) is 9.92. The second-order valence-corrected chi connectivity index (χ2v) is 15.6. The fraction of sp³-hybridized carbons (Fsp3) is 0.462. The molecule has 2 aromatic carbocycles. The number of allylic oxidation sites excluding steroid dienone is 8. The molecule has 0 saturated heterocycles. The van der Waals surface area contributed by atoms with E-state index in [1.165, 1.54) is 40.3 Å². The van der Waals surface area contributed by atoms with Crippen LogP contribution >= 0.6 is 23.6 Å². The van der Waals surface area contributed by atoms with E-state index in [9.17, 15) is 8.76 Å². The van der Waals surface area contributed by atoms with Gasteiger partial charge in [-0.15, -0.1) is 0 Å². The van der Waals surface area contributed by atoms with Gasteiger partial charge in [0.2, 0.25) is 5.69 Å². The lowest BCUT2D eigenvalue weighted by Crippen LogP contribution is -2.28. The monoisotopic (exact) mass is 693 g/mol. The molecule has 1 aliphatic carbocycles. The summed E-state index contributed by atoms with van der Waals surface area (Å²) < 4.78 is 30.0. The Morgan fingerprint density at radius 1 is 1.00 bits per heavy atom. The van der Waals surface area contributed by atoms with Crippen LogP contribution in [0.4, 0.5) is 11.4 Å². The maximum Gasteiger partial charge on any atom is 0.210 e. The number of halogens is 1. The summed E-state index contributed by atoms with van der Waals surface area (Å²) in [4.78, 5) is 2.83. The topological polar surface area (TPSA) is 52.8 Å². The summed E-state index contributed by atoms with van der Waals surface area (Å²) in [5, 5.41) is 0.848. The molecule has 0 spiro atoms. The Hall–Kier alpha value is -2.58. The second kappa shape index (κ2) is 14.9. The van der Waals surface area contributed by atoms with Crippen LogP contribution in [0.5, 0.6) is 5.75 Å². The smallest absolute Gasteiger partial charge is 0.210 e. The Bertz CT molecular complexity index is 1700. The van der Waals surface area contributed by atoms with E-state index in [2.05, 4.69) is 93.5 Å². The van der Waals surface area contributed by atoms with Gasteiger partial charge in [0, 0.05) is 58.8 Å². The van der Waals surface area contributed by atoms with Gasteiger partial charge < -0.3 is 13.6 Å². The largest absolute Gasteiger partial charge is 0.426 e. The zero-order valence-electron chi connectivity index (χ0n) is 29.0. The molecule has 0 radical (unpaired) electrons. The molecule has 1 unspecified atom stereocenters. The highest BCUT2D eigenvalue weighted by Gasteiger charge is 2.44. The second-order valence-electron chi connectivity index (χ2n) is 13.8. The third-order valence-corrected chi connectivity index (χ3v) is 11.4. The molecule has 1 N–H and O–H groups in total. The van der Waals surface area contributed by atoms with E-state index < -0.39 is 11.1 Å². The number of rotatable bonds is 12. The molecular weight excluding hydrogens is 644 g/mol. The molecule has 8 heteroatoms. The highest BCUT2D eigenvalue weighted by Crippen LogP contribution is 2.49. The minimum atomic E-state index is -2.02. The summed E-state index contributed by atoms with van der Waals surface area (Å²) >= 11 is 6.56. The summed E-state index contributed by atoms with van der Waals surface area (Å²) in [5.41, 5.74) is 9.09.